The number of likely N-dealkylation sites (N-methyl/N-ethyl adjacent to an activating group) is 1. The number of imidazole rings is 1. The number of H-pyrrole nitrogens is 2. The van der Waals surface area contributed by atoms with Gasteiger partial charge in [0.15, 0.2) is 11.6 Å². The summed E-state index contributed by atoms with van der Waals surface area (Å²) in [7, 11) is 2.15. The lowest BCUT2D eigenvalue weighted by molar-refractivity contribution is 0.312. The molecule has 2 saturated heterocycles. The predicted molar refractivity (Wildman–Crippen MR) is 140 cm³/mol. The Hall–Kier alpha value is -4.09. The van der Waals surface area contributed by atoms with Crippen LogP contribution in [-0.2, 0) is 0 Å². The van der Waals surface area contributed by atoms with E-state index in [0.29, 0.717) is 5.82 Å². The van der Waals surface area contributed by atoms with Crippen molar-refractivity contribution in [3.63, 3.8) is 0 Å². The Balaban J connectivity index is 1.26. The standard InChI is InChI=1S/C25H27N11/c1-34-6-8-35(9-7-34)25-23-19(4-5-28-25)30-24(31-23)22-17-10-15(2-3-18(17)32-33-22)20-11-27-12-21(29-20)36-13-16(26)14-36/h2-5,10-12,16H,6-9,13-14,26H2,1H3,(H,30,31)(H,32,33). The van der Waals surface area contributed by atoms with Crippen molar-refractivity contribution in [2.45, 2.75) is 6.04 Å². The molecule has 0 radical (unpaired) electrons. The van der Waals surface area contributed by atoms with E-state index in [1.807, 2.05) is 24.4 Å². The molecular formula is C25H27N11. The molecule has 2 fully saturated rings. The molecule has 7 rings (SSSR count). The number of aromatic amines is 2. The zero-order valence-corrected chi connectivity index (χ0v) is 20.0. The van der Waals surface area contributed by atoms with Crippen LogP contribution in [-0.4, -0.2) is 92.4 Å². The van der Waals surface area contributed by atoms with Gasteiger partial charge in [0.05, 0.1) is 29.1 Å². The Morgan fingerprint density at radius 1 is 0.972 bits per heavy atom. The zero-order valence-electron chi connectivity index (χ0n) is 20.0. The fourth-order valence-corrected chi connectivity index (χ4v) is 4.98. The van der Waals surface area contributed by atoms with Gasteiger partial charge in [-0.15, -0.1) is 0 Å². The summed E-state index contributed by atoms with van der Waals surface area (Å²) < 4.78 is 0. The molecule has 0 amide bonds. The van der Waals surface area contributed by atoms with Crippen LogP contribution in [0.1, 0.15) is 0 Å². The number of hydrogen-bond donors (Lipinski definition) is 3. The van der Waals surface area contributed by atoms with Crippen LogP contribution < -0.4 is 15.5 Å². The zero-order chi connectivity index (χ0) is 24.2. The SMILES string of the molecule is CN1CCN(c2nccc3[nH]c(-c4n[nH]c5ccc(-c6cncc(N7CC(N)C7)n6)cc45)nc23)CC1. The van der Waals surface area contributed by atoms with E-state index in [4.69, 9.17) is 15.7 Å². The van der Waals surface area contributed by atoms with Gasteiger partial charge in [-0.3, -0.25) is 10.1 Å². The molecule has 0 aliphatic carbocycles. The minimum absolute atomic E-state index is 0.205. The predicted octanol–water partition coefficient (Wildman–Crippen LogP) is 1.86. The first-order valence-electron chi connectivity index (χ1n) is 12.2. The molecular weight excluding hydrogens is 454 g/mol. The lowest BCUT2D eigenvalue weighted by Gasteiger charge is -2.37. The highest BCUT2D eigenvalue weighted by Gasteiger charge is 2.25. The van der Waals surface area contributed by atoms with Gasteiger partial charge in [-0.05, 0) is 25.2 Å². The fraction of sp³-hybridized carbons (Fsp3) is 0.320. The van der Waals surface area contributed by atoms with Crippen LogP contribution in [0.5, 0.6) is 0 Å². The number of piperazine rings is 1. The van der Waals surface area contributed by atoms with E-state index < -0.39 is 0 Å². The number of pyridine rings is 1. The third kappa shape index (κ3) is 3.55. The maximum Gasteiger partial charge on any atom is 0.159 e. The Morgan fingerprint density at radius 3 is 2.67 bits per heavy atom. The summed E-state index contributed by atoms with van der Waals surface area (Å²) in [5.41, 5.74) is 11.3. The average Bonchev–Trinajstić information content (AvgIpc) is 3.51. The molecule has 0 bridgehead atoms. The Labute approximate surface area is 207 Å². The number of aromatic nitrogens is 7. The van der Waals surface area contributed by atoms with Gasteiger partial charge in [-0.2, -0.15) is 5.10 Å². The molecule has 0 saturated carbocycles. The van der Waals surface area contributed by atoms with Crippen molar-refractivity contribution >= 4 is 33.6 Å². The molecule has 11 heteroatoms. The second kappa shape index (κ2) is 8.25. The molecule has 182 valence electrons. The largest absolute Gasteiger partial charge is 0.352 e. The lowest BCUT2D eigenvalue weighted by Crippen LogP contribution is -2.56. The molecule has 0 atom stereocenters. The Bertz CT molecular complexity index is 1560. The van der Waals surface area contributed by atoms with Gasteiger partial charge in [-0.1, -0.05) is 6.07 Å². The first-order valence-corrected chi connectivity index (χ1v) is 12.2. The summed E-state index contributed by atoms with van der Waals surface area (Å²) >= 11 is 0. The van der Waals surface area contributed by atoms with E-state index in [1.54, 1.807) is 12.4 Å². The molecule has 4 aromatic heterocycles. The van der Waals surface area contributed by atoms with Crippen molar-refractivity contribution in [1.29, 1.82) is 0 Å². The highest BCUT2D eigenvalue weighted by molar-refractivity contribution is 5.96. The second-order valence-corrected chi connectivity index (χ2v) is 9.67. The van der Waals surface area contributed by atoms with E-state index in [0.717, 1.165) is 89.8 Å². The topological polar surface area (TPSA) is 132 Å². The van der Waals surface area contributed by atoms with Gasteiger partial charge in [-0.25, -0.2) is 15.0 Å². The monoisotopic (exact) mass is 481 g/mol. The molecule has 36 heavy (non-hydrogen) atoms. The van der Waals surface area contributed by atoms with E-state index in [9.17, 15) is 0 Å². The lowest BCUT2D eigenvalue weighted by atomic mass is 10.1. The molecule has 0 unspecified atom stereocenters. The number of hydrogen-bond acceptors (Lipinski definition) is 9. The number of nitrogens with zero attached hydrogens (tertiary/aromatic N) is 8. The molecule has 5 aromatic rings. The van der Waals surface area contributed by atoms with Crippen molar-refractivity contribution in [1.82, 2.24) is 40.0 Å². The Kier molecular flexibility index (Phi) is 4.86. The summed E-state index contributed by atoms with van der Waals surface area (Å²) in [6, 6.07) is 8.32. The van der Waals surface area contributed by atoms with Crippen molar-refractivity contribution in [3.05, 3.63) is 42.9 Å². The number of anilines is 2. The van der Waals surface area contributed by atoms with Crippen LogP contribution in [0.4, 0.5) is 11.6 Å². The maximum absolute atomic E-state index is 5.95. The smallest absolute Gasteiger partial charge is 0.159 e. The van der Waals surface area contributed by atoms with Gasteiger partial charge in [0.1, 0.15) is 17.0 Å². The third-order valence-corrected chi connectivity index (χ3v) is 7.12. The minimum atomic E-state index is 0.205. The number of fused-ring (bicyclic) bond motifs is 2. The van der Waals surface area contributed by atoms with Crippen LogP contribution in [0.25, 0.3) is 44.7 Å². The molecule has 11 nitrogen and oxygen atoms in total. The first-order chi connectivity index (χ1) is 17.6. The molecule has 4 N–H and O–H groups in total. The summed E-state index contributed by atoms with van der Waals surface area (Å²) in [6.45, 7) is 5.50. The summed E-state index contributed by atoms with van der Waals surface area (Å²) in [5, 5.41) is 8.72. The second-order valence-electron chi connectivity index (χ2n) is 9.67. The van der Waals surface area contributed by atoms with Gasteiger partial charge in [0.25, 0.3) is 0 Å². The summed E-state index contributed by atoms with van der Waals surface area (Å²) in [6.07, 6.45) is 5.42. The highest BCUT2D eigenvalue weighted by Crippen LogP contribution is 2.32. The van der Waals surface area contributed by atoms with E-state index >= 15 is 0 Å². The van der Waals surface area contributed by atoms with Crippen molar-refractivity contribution in [3.8, 4) is 22.8 Å². The van der Waals surface area contributed by atoms with Gasteiger partial charge < -0.3 is 25.4 Å². The van der Waals surface area contributed by atoms with Crippen molar-refractivity contribution in [2.24, 2.45) is 5.73 Å². The normalized spacial score (nSPS) is 17.3. The van der Waals surface area contributed by atoms with Gasteiger partial charge >= 0.3 is 0 Å². The van der Waals surface area contributed by atoms with Crippen molar-refractivity contribution in [2.75, 3.05) is 56.1 Å². The van der Waals surface area contributed by atoms with Crippen molar-refractivity contribution < 1.29 is 0 Å². The number of benzene rings is 1. The van der Waals surface area contributed by atoms with Crippen LogP contribution >= 0.6 is 0 Å². The van der Waals surface area contributed by atoms with Crippen LogP contribution in [0.3, 0.4) is 0 Å². The van der Waals surface area contributed by atoms with E-state index in [-0.39, 0.29) is 6.04 Å². The quantitative estimate of drug-likeness (QED) is 0.352. The molecule has 0 spiro atoms. The van der Waals surface area contributed by atoms with Crippen LogP contribution in [0, 0.1) is 0 Å². The molecule has 2 aliphatic rings. The van der Waals surface area contributed by atoms with Crippen LogP contribution in [0.2, 0.25) is 0 Å². The van der Waals surface area contributed by atoms with E-state index in [1.165, 1.54) is 0 Å². The number of rotatable bonds is 4. The molecule has 2 aliphatic heterocycles. The van der Waals surface area contributed by atoms with Crippen LogP contribution in [0.15, 0.2) is 42.9 Å². The summed E-state index contributed by atoms with van der Waals surface area (Å²) in [4.78, 5) is 29.1. The fourth-order valence-electron chi connectivity index (χ4n) is 4.98. The van der Waals surface area contributed by atoms with Gasteiger partial charge in [0.2, 0.25) is 0 Å². The average molecular weight is 482 g/mol. The van der Waals surface area contributed by atoms with Gasteiger partial charge in [0, 0.05) is 62.5 Å². The first kappa shape index (κ1) is 21.2. The molecule has 1 aromatic carbocycles. The third-order valence-electron chi connectivity index (χ3n) is 7.12. The van der Waals surface area contributed by atoms with E-state index in [2.05, 4.69) is 53.0 Å². The number of nitrogens with two attached hydrogens (primary N) is 1. The summed E-state index contributed by atoms with van der Waals surface area (Å²) in [5.74, 6) is 2.48. The number of nitrogens with one attached hydrogen (secondary N) is 2. The Morgan fingerprint density at radius 2 is 1.83 bits per heavy atom. The maximum atomic E-state index is 5.95. The minimum Gasteiger partial charge on any atom is -0.352 e. The highest BCUT2D eigenvalue weighted by atomic mass is 15.3. The molecule has 6 heterocycles.